The maximum absolute atomic E-state index is 10.00. The van der Waals surface area contributed by atoms with Gasteiger partial charge in [-0.05, 0) is 35.5 Å². The van der Waals surface area contributed by atoms with Crippen molar-refractivity contribution >= 4 is 22.0 Å². The second-order valence-electron chi connectivity index (χ2n) is 4.22. The van der Waals surface area contributed by atoms with Gasteiger partial charge in [0.1, 0.15) is 0 Å². The van der Waals surface area contributed by atoms with Crippen LogP contribution in [0.15, 0.2) is 65.3 Å². The quantitative estimate of drug-likeness (QED) is 0.880. The Kier molecular flexibility index (Phi) is 5.19. The summed E-state index contributed by atoms with van der Waals surface area (Å²) in [5.74, 6) is 0. The van der Waals surface area contributed by atoms with E-state index in [-0.39, 0.29) is 0 Å². The Bertz CT molecular complexity index is 522. The van der Waals surface area contributed by atoms with Gasteiger partial charge in [0.2, 0.25) is 0 Å². The molecule has 0 aliphatic rings. The molecule has 0 heterocycles. The highest BCUT2D eigenvalue weighted by Crippen LogP contribution is 2.16. The molecule has 2 N–H and O–H groups in total. The Morgan fingerprint density at radius 1 is 1.05 bits per heavy atom. The van der Waals surface area contributed by atoms with Crippen molar-refractivity contribution in [1.82, 2.24) is 5.32 Å². The summed E-state index contributed by atoms with van der Waals surface area (Å²) in [5.41, 5.74) is 2.04. The summed E-state index contributed by atoms with van der Waals surface area (Å²) in [7, 11) is 0. The molecule has 2 rings (SSSR count). The van der Waals surface area contributed by atoms with Crippen LogP contribution in [0.25, 0.3) is 6.08 Å². The van der Waals surface area contributed by atoms with Gasteiger partial charge in [0.25, 0.3) is 0 Å². The lowest BCUT2D eigenvalue weighted by Gasteiger charge is -2.10. The molecule has 0 aliphatic heterocycles. The monoisotopic (exact) mass is 317 g/mol. The first kappa shape index (κ1) is 13.8. The molecule has 0 aromatic heterocycles. The van der Waals surface area contributed by atoms with Crippen molar-refractivity contribution in [2.75, 3.05) is 6.54 Å². The molecular weight excluding hydrogens is 302 g/mol. The largest absolute Gasteiger partial charge is 0.388 e. The smallest absolute Gasteiger partial charge is 0.0962 e. The third-order valence-electron chi connectivity index (χ3n) is 2.76. The number of nitrogens with one attached hydrogen (secondary N) is 1. The third-order valence-corrected chi connectivity index (χ3v) is 3.29. The zero-order valence-corrected chi connectivity index (χ0v) is 12.0. The molecule has 0 fully saturated rings. The van der Waals surface area contributed by atoms with Crippen LogP contribution in [0.5, 0.6) is 0 Å². The number of aliphatic hydroxyl groups is 1. The Morgan fingerprint density at radius 3 is 2.42 bits per heavy atom. The number of aliphatic hydroxyl groups excluding tert-OH is 1. The molecule has 3 heteroatoms. The predicted octanol–water partition coefficient (Wildman–Crippen LogP) is 3.74. The number of rotatable bonds is 5. The molecule has 2 aromatic rings. The van der Waals surface area contributed by atoms with Crippen LogP contribution < -0.4 is 5.32 Å². The zero-order valence-electron chi connectivity index (χ0n) is 10.5. The van der Waals surface area contributed by atoms with Gasteiger partial charge in [0.05, 0.1) is 6.10 Å². The normalized spacial score (nSPS) is 12.5. The van der Waals surface area contributed by atoms with E-state index in [9.17, 15) is 5.11 Å². The molecule has 0 amide bonds. The summed E-state index contributed by atoms with van der Waals surface area (Å²) >= 11 is 3.38. The fourth-order valence-corrected chi connectivity index (χ4v) is 1.97. The van der Waals surface area contributed by atoms with E-state index in [0.717, 1.165) is 15.6 Å². The molecule has 2 nitrogen and oxygen atoms in total. The Hall–Kier alpha value is -1.58. The second kappa shape index (κ2) is 7.12. The fraction of sp³-hybridized carbons (Fsp3) is 0.125. The van der Waals surface area contributed by atoms with Gasteiger partial charge in [0, 0.05) is 11.0 Å². The summed E-state index contributed by atoms with van der Waals surface area (Å²) in [5, 5.41) is 13.1. The summed E-state index contributed by atoms with van der Waals surface area (Å²) in [6, 6.07) is 17.7. The van der Waals surface area contributed by atoms with Crippen molar-refractivity contribution in [2.45, 2.75) is 6.10 Å². The van der Waals surface area contributed by atoms with E-state index >= 15 is 0 Å². The van der Waals surface area contributed by atoms with Crippen LogP contribution in [0.4, 0.5) is 0 Å². The van der Waals surface area contributed by atoms with Crippen molar-refractivity contribution in [3.05, 3.63) is 76.4 Å². The van der Waals surface area contributed by atoms with E-state index in [1.165, 1.54) is 0 Å². The van der Waals surface area contributed by atoms with Crippen LogP contribution in [-0.2, 0) is 0 Å². The lowest BCUT2D eigenvalue weighted by molar-refractivity contribution is 0.179. The van der Waals surface area contributed by atoms with Crippen molar-refractivity contribution in [1.29, 1.82) is 0 Å². The molecule has 0 radical (unpaired) electrons. The Labute approximate surface area is 121 Å². The van der Waals surface area contributed by atoms with Crippen LogP contribution in [0, 0.1) is 0 Å². The van der Waals surface area contributed by atoms with Gasteiger partial charge in [-0.2, -0.15) is 0 Å². The molecule has 0 aliphatic carbocycles. The van der Waals surface area contributed by atoms with Crippen molar-refractivity contribution in [2.24, 2.45) is 0 Å². The van der Waals surface area contributed by atoms with Gasteiger partial charge in [-0.1, -0.05) is 58.4 Å². The highest BCUT2D eigenvalue weighted by Gasteiger charge is 2.05. The van der Waals surface area contributed by atoms with Gasteiger partial charge in [0.15, 0.2) is 0 Å². The molecule has 1 atom stereocenters. The van der Waals surface area contributed by atoms with E-state index in [4.69, 9.17) is 0 Å². The molecule has 0 unspecified atom stereocenters. The molecule has 19 heavy (non-hydrogen) atoms. The minimum atomic E-state index is -0.506. The van der Waals surface area contributed by atoms with Gasteiger partial charge in [-0.25, -0.2) is 0 Å². The first-order valence-electron chi connectivity index (χ1n) is 6.14. The minimum absolute atomic E-state index is 0.491. The van der Waals surface area contributed by atoms with Crippen molar-refractivity contribution < 1.29 is 5.11 Å². The summed E-state index contributed by atoms with van der Waals surface area (Å²) in [6.07, 6.45) is 3.33. The standard InChI is InChI=1S/C16H16BrNO/c17-15-8-6-14(7-9-15)16(19)12-18-11-10-13-4-2-1-3-5-13/h1-11,16,18-19H,12H2/t16-/m1/s1. The van der Waals surface area contributed by atoms with E-state index in [1.807, 2.05) is 66.9 Å². The van der Waals surface area contributed by atoms with E-state index in [0.29, 0.717) is 6.54 Å². The summed E-state index contributed by atoms with van der Waals surface area (Å²) in [6.45, 7) is 0.491. The predicted molar refractivity (Wildman–Crippen MR) is 82.6 cm³/mol. The number of halogens is 1. The lowest BCUT2D eigenvalue weighted by atomic mass is 10.1. The summed E-state index contributed by atoms with van der Waals surface area (Å²) in [4.78, 5) is 0. The Morgan fingerprint density at radius 2 is 1.74 bits per heavy atom. The zero-order chi connectivity index (χ0) is 13.5. The van der Waals surface area contributed by atoms with Gasteiger partial charge in [-0.3, -0.25) is 0 Å². The SMILES string of the molecule is O[C@H](CNC=Cc1ccccc1)c1ccc(Br)cc1. The number of hydrogen-bond acceptors (Lipinski definition) is 2. The molecule has 0 bridgehead atoms. The van der Waals surface area contributed by atoms with Gasteiger partial charge >= 0.3 is 0 Å². The molecule has 0 saturated heterocycles. The third kappa shape index (κ3) is 4.54. The van der Waals surface area contributed by atoms with E-state index in [2.05, 4.69) is 21.2 Å². The first-order valence-corrected chi connectivity index (χ1v) is 6.93. The average molecular weight is 318 g/mol. The van der Waals surface area contributed by atoms with Crippen LogP contribution >= 0.6 is 15.9 Å². The van der Waals surface area contributed by atoms with Crippen LogP contribution in [0.3, 0.4) is 0 Å². The summed E-state index contributed by atoms with van der Waals surface area (Å²) < 4.78 is 1.01. The van der Waals surface area contributed by atoms with Crippen LogP contribution in [-0.4, -0.2) is 11.7 Å². The molecule has 98 valence electrons. The molecule has 0 spiro atoms. The average Bonchev–Trinajstić information content (AvgIpc) is 2.45. The second-order valence-corrected chi connectivity index (χ2v) is 5.14. The minimum Gasteiger partial charge on any atom is -0.388 e. The highest BCUT2D eigenvalue weighted by atomic mass is 79.9. The van der Waals surface area contributed by atoms with Crippen molar-refractivity contribution in [3.8, 4) is 0 Å². The lowest BCUT2D eigenvalue weighted by Crippen LogP contribution is -2.15. The molecule has 2 aromatic carbocycles. The molecular formula is C16H16BrNO. The van der Waals surface area contributed by atoms with Gasteiger partial charge < -0.3 is 10.4 Å². The number of hydrogen-bond donors (Lipinski definition) is 2. The van der Waals surface area contributed by atoms with Gasteiger partial charge in [-0.15, -0.1) is 0 Å². The van der Waals surface area contributed by atoms with E-state index < -0.39 is 6.10 Å². The van der Waals surface area contributed by atoms with Crippen LogP contribution in [0.2, 0.25) is 0 Å². The first-order chi connectivity index (χ1) is 9.25. The number of benzene rings is 2. The Balaban J connectivity index is 1.82. The van der Waals surface area contributed by atoms with Crippen molar-refractivity contribution in [3.63, 3.8) is 0 Å². The maximum atomic E-state index is 10.00. The topological polar surface area (TPSA) is 32.3 Å². The maximum Gasteiger partial charge on any atom is 0.0962 e. The molecule has 0 saturated carbocycles. The fourth-order valence-electron chi connectivity index (χ4n) is 1.70. The highest BCUT2D eigenvalue weighted by molar-refractivity contribution is 9.10. The van der Waals surface area contributed by atoms with E-state index in [1.54, 1.807) is 0 Å². The van der Waals surface area contributed by atoms with Crippen LogP contribution in [0.1, 0.15) is 17.2 Å².